The van der Waals surface area contributed by atoms with Crippen LogP contribution >= 0.6 is 0 Å². The smallest absolute Gasteiger partial charge is 0.313 e. The van der Waals surface area contributed by atoms with Gasteiger partial charge < -0.3 is 5.32 Å². The maximum Gasteiger partial charge on any atom is 0.389 e. The van der Waals surface area contributed by atoms with Crippen molar-refractivity contribution >= 4 is 0 Å². The second-order valence-electron chi connectivity index (χ2n) is 4.77. The van der Waals surface area contributed by atoms with Gasteiger partial charge in [0, 0.05) is 30.8 Å². The Labute approximate surface area is 112 Å². The fourth-order valence-corrected chi connectivity index (χ4v) is 2.03. The number of rotatable bonds is 7. The molecule has 1 rings (SSSR count). The third-order valence-electron chi connectivity index (χ3n) is 3.09. The molecule has 0 saturated carbocycles. The number of aromatic nitrogens is 2. The van der Waals surface area contributed by atoms with Crippen molar-refractivity contribution in [2.45, 2.75) is 59.3 Å². The van der Waals surface area contributed by atoms with Gasteiger partial charge in [-0.25, -0.2) is 0 Å². The lowest BCUT2D eigenvalue weighted by molar-refractivity contribution is -0.136. The molecule has 0 aromatic carbocycles. The minimum Gasteiger partial charge on any atom is -0.313 e. The fraction of sp³-hybridized carbons (Fsp3) is 0.769. The van der Waals surface area contributed by atoms with Gasteiger partial charge in [0.05, 0.1) is 5.69 Å². The summed E-state index contributed by atoms with van der Waals surface area (Å²) in [4.78, 5) is 0. The van der Waals surface area contributed by atoms with Crippen molar-refractivity contribution in [2.24, 2.45) is 0 Å². The van der Waals surface area contributed by atoms with Crippen LogP contribution in [0.15, 0.2) is 0 Å². The van der Waals surface area contributed by atoms with Gasteiger partial charge in [0.2, 0.25) is 0 Å². The molecule has 0 fully saturated rings. The monoisotopic (exact) mass is 277 g/mol. The van der Waals surface area contributed by atoms with Gasteiger partial charge in [-0.15, -0.1) is 0 Å². The van der Waals surface area contributed by atoms with Gasteiger partial charge in [0.15, 0.2) is 0 Å². The van der Waals surface area contributed by atoms with E-state index in [0.29, 0.717) is 6.54 Å². The normalized spacial score (nSPS) is 12.1. The van der Waals surface area contributed by atoms with Crippen molar-refractivity contribution in [1.29, 1.82) is 0 Å². The van der Waals surface area contributed by atoms with Crippen LogP contribution in [0.4, 0.5) is 13.2 Å². The van der Waals surface area contributed by atoms with Crippen molar-refractivity contribution in [2.75, 3.05) is 6.54 Å². The van der Waals surface area contributed by atoms with Gasteiger partial charge in [-0.1, -0.05) is 6.92 Å². The van der Waals surface area contributed by atoms with Crippen molar-refractivity contribution in [3.8, 4) is 0 Å². The minimum atomic E-state index is -4.08. The first-order valence-electron chi connectivity index (χ1n) is 6.65. The average molecular weight is 277 g/mol. The number of hydrogen-bond donors (Lipinski definition) is 1. The Balaban J connectivity index is 2.58. The average Bonchev–Trinajstić information content (AvgIpc) is 2.55. The van der Waals surface area contributed by atoms with Gasteiger partial charge in [-0.3, -0.25) is 4.68 Å². The molecule has 0 atom stereocenters. The Hall–Kier alpha value is -1.04. The van der Waals surface area contributed by atoms with Crippen molar-refractivity contribution in [1.82, 2.24) is 15.1 Å². The predicted molar refractivity (Wildman–Crippen MR) is 69.0 cm³/mol. The summed E-state index contributed by atoms with van der Waals surface area (Å²) >= 11 is 0. The summed E-state index contributed by atoms with van der Waals surface area (Å²) < 4.78 is 38.0. The number of nitrogens with one attached hydrogen (secondary N) is 1. The molecule has 0 aliphatic rings. The number of nitrogens with zero attached hydrogens (tertiary/aromatic N) is 2. The van der Waals surface area contributed by atoms with E-state index in [-0.39, 0.29) is 6.42 Å². The van der Waals surface area contributed by atoms with Crippen molar-refractivity contribution < 1.29 is 13.2 Å². The van der Waals surface area contributed by atoms with Crippen LogP contribution < -0.4 is 5.32 Å². The maximum absolute atomic E-state index is 12.1. The minimum absolute atomic E-state index is 0.0767. The first kappa shape index (κ1) is 16.0. The SMILES string of the molecule is CCCNCc1c(C)nn(CCCC(F)(F)F)c1C. The Morgan fingerprint density at radius 2 is 1.95 bits per heavy atom. The quantitative estimate of drug-likeness (QED) is 0.775. The third-order valence-corrected chi connectivity index (χ3v) is 3.09. The summed E-state index contributed by atoms with van der Waals surface area (Å²) in [7, 11) is 0. The van der Waals surface area contributed by atoms with Gasteiger partial charge >= 0.3 is 6.18 Å². The summed E-state index contributed by atoms with van der Waals surface area (Å²) in [6.07, 6.45) is -3.71. The Morgan fingerprint density at radius 3 is 2.53 bits per heavy atom. The largest absolute Gasteiger partial charge is 0.389 e. The Morgan fingerprint density at radius 1 is 1.26 bits per heavy atom. The van der Waals surface area contributed by atoms with Crippen molar-refractivity contribution in [3.63, 3.8) is 0 Å². The molecule has 6 heteroatoms. The van der Waals surface area contributed by atoms with Gasteiger partial charge in [0.25, 0.3) is 0 Å². The summed E-state index contributed by atoms with van der Waals surface area (Å²) in [5.74, 6) is 0. The van der Waals surface area contributed by atoms with Gasteiger partial charge in [-0.2, -0.15) is 18.3 Å². The number of alkyl halides is 3. The molecule has 0 bridgehead atoms. The van der Waals surface area contributed by atoms with E-state index in [2.05, 4.69) is 17.3 Å². The highest BCUT2D eigenvalue weighted by Crippen LogP contribution is 2.22. The van der Waals surface area contributed by atoms with Crippen molar-refractivity contribution in [3.05, 3.63) is 17.0 Å². The molecule has 0 unspecified atom stereocenters. The van der Waals surface area contributed by atoms with Gasteiger partial charge in [0.1, 0.15) is 0 Å². The number of hydrogen-bond acceptors (Lipinski definition) is 2. The molecule has 0 spiro atoms. The van der Waals surface area contributed by atoms with Crippen LogP contribution in [0.5, 0.6) is 0 Å². The van der Waals surface area contributed by atoms with E-state index in [9.17, 15) is 13.2 Å². The molecule has 1 N–H and O–H groups in total. The second kappa shape index (κ2) is 6.93. The van der Waals surface area contributed by atoms with E-state index in [0.717, 1.165) is 36.5 Å². The van der Waals surface area contributed by atoms with Crippen LogP contribution in [0, 0.1) is 13.8 Å². The van der Waals surface area contributed by atoms with E-state index < -0.39 is 12.6 Å². The molecule has 0 saturated heterocycles. The highest BCUT2D eigenvalue weighted by atomic mass is 19.4. The number of aryl methyl sites for hydroxylation is 2. The van der Waals surface area contributed by atoms with E-state index in [1.807, 2.05) is 13.8 Å². The van der Waals surface area contributed by atoms with Crippen LogP contribution in [0.2, 0.25) is 0 Å². The zero-order chi connectivity index (χ0) is 14.5. The molecule has 3 nitrogen and oxygen atoms in total. The predicted octanol–water partition coefficient (Wildman–Crippen LogP) is 3.34. The first-order chi connectivity index (χ1) is 8.85. The van der Waals surface area contributed by atoms with E-state index in [1.165, 1.54) is 0 Å². The Bertz CT molecular complexity index is 397. The topological polar surface area (TPSA) is 29.9 Å². The second-order valence-corrected chi connectivity index (χ2v) is 4.77. The van der Waals surface area contributed by atoms with Crippen LogP contribution in [0.1, 0.15) is 43.1 Å². The summed E-state index contributed by atoms with van der Waals surface area (Å²) in [5.41, 5.74) is 2.96. The van der Waals surface area contributed by atoms with Crippen LogP contribution in [0.3, 0.4) is 0 Å². The van der Waals surface area contributed by atoms with Gasteiger partial charge in [-0.05, 0) is 33.2 Å². The summed E-state index contributed by atoms with van der Waals surface area (Å²) in [6.45, 7) is 7.88. The zero-order valence-corrected chi connectivity index (χ0v) is 11.8. The highest BCUT2D eigenvalue weighted by molar-refractivity contribution is 5.24. The Kier molecular flexibility index (Phi) is 5.85. The fourth-order valence-electron chi connectivity index (χ4n) is 2.03. The molecule has 0 aliphatic heterocycles. The molecule has 0 amide bonds. The standard InChI is InChI=1S/C13H22F3N3/c1-4-7-17-9-12-10(2)18-19(11(12)3)8-5-6-13(14,15)16/h17H,4-9H2,1-3H3. The third kappa shape index (κ3) is 5.22. The summed E-state index contributed by atoms with van der Waals surface area (Å²) in [5, 5.41) is 7.61. The molecular formula is C13H22F3N3. The lowest BCUT2D eigenvalue weighted by atomic mass is 10.2. The molecule has 0 aliphatic carbocycles. The van der Waals surface area contributed by atoms with Crippen LogP contribution in [-0.2, 0) is 13.1 Å². The lowest BCUT2D eigenvalue weighted by Crippen LogP contribution is -2.15. The van der Waals surface area contributed by atoms with E-state index >= 15 is 0 Å². The first-order valence-corrected chi connectivity index (χ1v) is 6.65. The molecular weight excluding hydrogens is 255 g/mol. The van der Waals surface area contributed by atoms with Crippen LogP contribution in [0.25, 0.3) is 0 Å². The van der Waals surface area contributed by atoms with E-state index in [4.69, 9.17) is 0 Å². The number of halogens is 3. The molecule has 0 radical (unpaired) electrons. The maximum atomic E-state index is 12.1. The molecule has 19 heavy (non-hydrogen) atoms. The lowest BCUT2D eigenvalue weighted by Gasteiger charge is -2.08. The summed E-state index contributed by atoms with van der Waals surface area (Å²) in [6, 6.07) is 0. The van der Waals surface area contributed by atoms with Crippen LogP contribution in [-0.4, -0.2) is 22.5 Å². The molecule has 1 aromatic heterocycles. The molecule has 1 heterocycles. The molecule has 110 valence electrons. The molecule has 1 aromatic rings. The highest BCUT2D eigenvalue weighted by Gasteiger charge is 2.26. The zero-order valence-electron chi connectivity index (χ0n) is 11.8. The van der Waals surface area contributed by atoms with E-state index in [1.54, 1.807) is 4.68 Å².